The Morgan fingerprint density at radius 2 is 1.62 bits per heavy atom. The molecule has 2 aromatic heterocycles. The monoisotopic (exact) mass is 386 g/mol. The average Bonchev–Trinajstić information content (AvgIpc) is 3.08. The van der Waals surface area contributed by atoms with Crippen molar-refractivity contribution in [1.82, 2.24) is 30.4 Å². The van der Waals surface area contributed by atoms with Crippen LogP contribution < -0.4 is 10.9 Å². The van der Waals surface area contributed by atoms with Gasteiger partial charge in [0.1, 0.15) is 5.82 Å². The van der Waals surface area contributed by atoms with Crippen LogP contribution in [0.4, 0.5) is 0 Å². The molecule has 8 heteroatoms. The fourth-order valence-corrected chi connectivity index (χ4v) is 2.92. The van der Waals surface area contributed by atoms with Gasteiger partial charge in [-0.3, -0.25) is 20.4 Å². The van der Waals surface area contributed by atoms with Crippen LogP contribution in [0.3, 0.4) is 0 Å². The molecule has 144 valence electrons. The van der Waals surface area contributed by atoms with E-state index < -0.39 is 5.91 Å². The molecule has 29 heavy (non-hydrogen) atoms. The van der Waals surface area contributed by atoms with Crippen molar-refractivity contribution >= 4 is 22.8 Å². The third kappa shape index (κ3) is 3.96. The lowest BCUT2D eigenvalue weighted by atomic mass is 10.2. The summed E-state index contributed by atoms with van der Waals surface area (Å²) < 4.78 is 1.85. The summed E-state index contributed by atoms with van der Waals surface area (Å²) in [5.41, 5.74) is 7.63. The number of carbonyl (C=O) groups is 2. The maximum Gasteiger partial charge on any atom is 0.272 e. The highest BCUT2D eigenvalue weighted by molar-refractivity contribution is 5.95. The summed E-state index contributed by atoms with van der Waals surface area (Å²) in [6, 6.07) is 17.1. The van der Waals surface area contributed by atoms with E-state index in [2.05, 4.69) is 25.8 Å². The van der Waals surface area contributed by atoms with E-state index in [1.807, 2.05) is 66.2 Å². The summed E-state index contributed by atoms with van der Waals surface area (Å²) in [5, 5.41) is 0. The van der Waals surface area contributed by atoms with Gasteiger partial charge in [-0.15, -0.1) is 0 Å². The van der Waals surface area contributed by atoms with Crippen LogP contribution in [-0.4, -0.2) is 31.3 Å². The highest BCUT2D eigenvalue weighted by Gasteiger charge is 2.13. The van der Waals surface area contributed by atoms with Gasteiger partial charge in [-0.25, -0.2) is 15.0 Å². The molecule has 0 saturated carbocycles. The summed E-state index contributed by atoms with van der Waals surface area (Å²) in [6.07, 6.45) is 2.87. The Labute approximate surface area is 166 Å². The Morgan fingerprint density at radius 1 is 0.931 bits per heavy atom. The highest BCUT2D eigenvalue weighted by atomic mass is 16.2. The lowest BCUT2D eigenvalue weighted by Gasteiger charge is -2.08. The molecule has 8 nitrogen and oxygen atoms in total. The van der Waals surface area contributed by atoms with Gasteiger partial charge in [-0.05, 0) is 12.1 Å². The number of imidazole rings is 1. The molecular formula is C21H18N6O2. The van der Waals surface area contributed by atoms with E-state index in [9.17, 15) is 9.59 Å². The van der Waals surface area contributed by atoms with Gasteiger partial charge in [0.25, 0.3) is 5.91 Å². The van der Waals surface area contributed by atoms with Gasteiger partial charge in [-0.1, -0.05) is 42.5 Å². The molecule has 2 amide bonds. The Hall–Kier alpha value is -4.07. The Bertz CT molecular complexity index is 1170. The number of hydrogen-bond acceptors (Lipinski definition) is 5. The summed E-state index contributed by atoms with van der Waals surface area (Å²) in [7, 11) is 1.85. The molecule has 0 unspecified atom stereocenters. The number of amides is 2. The first-order chi connectivity index (χ1) is 14.1. The van der Waals surface area contributed by atoms with Gasteiger partial charge in [-0.2, -0.15) is 0 Å². The van der Waals surface area contributed by atoms with Crippen LogP contribution in [0.1, 0.15) is 16.2 Å². The van der Waals surface area contributed by atoms with Crippen molar-refractivity contribution in [3.63, 3.8) is 0 Å². The number of rotatable bonds is 4. The van der Waals surface area contributed by atoms with Crippen LogP contribution in [0.25, 0.3) is 22.4 Å². The van der Waals surface area contributed by atoms with Gasteiger partial charge in [0.05, 0.1) is 23.0 Å². The van der Waals surface area contributed by atoms with Crippen LogP contribution in [0.2, 0.25) is 0 Å². The number of nitrogens with zero attached hydrogens (tertiary/aromatic N) is 4. The molecule has 0 aliphatic rings. The molecule has 0 aliphatic heterocycles. The molecule has 0 radical (unpaired) electrons. The van der Waals surface area contributed by atoms with E-state index in [4.69, 9.17) is 0 Å². The summed E-state index contributed by atoms with van der Waals surface area (Å²) in [5.74, 6) is 0.253. The molecule has 2 aromatic carbocycles. The number of aryl methyl sites for hydroxylation is 1. The van der Waals surface area contributed by atoms with E-state index in [-0.39, 0.29) is 17.9 Å². The van der Waals surface area contributed by atoms with E-state index >= 15 is 0 Å². The number of benzene rings is 2. The van der Waals surface area contributed by atoms with Crippen LogP contribution >= 0.6 is 0 Å². The molecule has 0 saturated heterocycles. The maximum absolute atomic E-state index is 12.2. The van der Waals surface area contributed by atoms with Crippen molar-refractivity contribution in [1.29, 1.82) is 0 Å². The van der Waals surface area contributed by atoms with Crippen molar-refractivity contribution < 1.29 is 9.59 Å². The minimum absolute atomic E-state index is 0.0366. The fourth-order valence-electron chi connectivity index (χ4n) is 2.92. The number of para-hydroxylation sites is 2. The second-order valence-electron chi connectivity index (χ2n) is 6.42. The van der Waals surface area contributed by atoms with E-state index in [0.717, 1.165) is 16.6 Å². The number of hydrazine groups is 1. The fraction of sp³-hybridized carbons (Fsp3) is 0.0952. The number of aromatic nitrogens is 4. The first kappa shape index (κ1) is 18.3. The molecule has 2 heterocycles. The lowest BCUT2D eigenvalue weighted by Crippen LogP contribution is -2.42. The van der Waals surface area contributed by atoms with Crippen molar-refractivity contribution in [3.8, 4) is 11.4 Å². The lowest BCUT2D eigenvalue weighted by molar-refractivity contribution is -0.121. The Kier molecular flexibility index (Phi) is 4.98. The van der Waals surface area contributed by atoms with Crippen LogP contribution in [-0.2, 0) is 18.3 Å². The van der Waals surface area contributed by atoms with Gasteiger partial charge in [0.15, 0.2) is 5.82 Å². The van der Waals surface area contributed by atoms with E-state index in [1.54, 1.807) is 0 Å². The summed E-state index contributed by atoms with van der Waals surface area (Å²) in [6.45, 7) is 0. The minimum Gasteiger partial charge on any atom is -0.331 e. The zero-order chi connectivity index (χ0) is 20.2. The van der Waals surface area contributed by atoms with Crippen molar-refractivity contribution in [2.75, 3.05) is 0 Å². The van der Waals surface area contributed by atoms with Crippen LogP contribution in [0.5, 0.6) is 0 Å². The zero-order valence-electron chi connectivity index (χ0n) is 15.7. The molecule has 2 N–H and O–H groups in total. The Morgan fingerprint density at radius 3 is 2.34 bits per heavy atom. The molecule has 0 bridgehead atoms. The summed E-state index contributed by atoms with van der Waals surface area (Å²) in [4.78, 5) is 37.3. The minimum atomic E-state index is -0.497. The second kappa shape index (κ2) is 7.89. The molecule has 0 fully saturated rings. The van der Waals surface area contributed by atoms with Gasteiger partial charge < -0.3 is 4.57 Å². The highest BCUT2D eigenvalue weighted by Crippen LogP contribution is 2.15. The van der Waals surface area contributed by atoms with Gasteiger partial charge in [0.2, 0.25) is 5.91 Å². The van der Waals surface area contributed by atoms with Crippen molar-refractivity contribution in [2.24, 2.45) is 7.05 Å². The number of fused-ring (bicyclic) bond motifs is 1. The predicted octanol–water partition coefficient (Wildman–Crippen LogP) is 2.03. The average molecular weight is 386 g/mol. The largest absolute Gasteiger partial charge is 0.331 e. The van der Waals surface area contributed by atoms with E-state index in [1.165, 1.54) is 12.4 Å². The Balaban J connectivity index is 1.36. The van der Waals surface area contributed by atoms with Gasteiger partial charge >= 0.3 is 0 Å². The smallest absolute Gasteiger partial charge is 0.272 e. The molecular weight excluding hydrogens is 368 g/mol. The topological polar surface area (TPSA) is 102 Å². The number of nitrogens with one attached hydrogen (secondary N) is 2. The second-order valence-corrected chi connectivity index (χ2v) is 6.42. The molecule has 0 atom stereocenters. The molecule has 4 rings (SSSR count). The third-order valence-corrected chi connectivity index (χ3v) is 4.46. The normalized spacial score (nSPS) is 10.7. The summed E-state index contributed by atoms with van der Waals surface area (Å²) >= 11 is 0. The molecule has 0 spiro atoms. The van der Waals surface area contributed by atoms with E-state index in [0.29, 0.717) is 11.6 Å². The first-order valence-electron chi connectivity index (χ1n) is 8.99. The van der Waals surface area contributed by atoms with Crippen LogP contribution in [0, 0.1) is 0 Å². The quantitative estimate of drug-likeness (QED) is 0.523. The van der Waals surface area contributed by atoms with Crippen LogP contribution in [0.15, 0.2) is 67.0 Å². The third-order valence-electron chi connectivity index (χ3n) is 4.46. The SMILES string of the molecule is Cn1c(CC(=O)NNC(=O)c2cnc(-c3ccccc3)nc2)nc2ccccc21. The van der Waals surface area contributed by atoms with Crippen molar-refractivity contribution in [2.45, 2.75) is 6.42 Å². The van der Waals surface area contributed by atoms with Gasteiger partial charge in [0, 0.05) is 25.0 Å². The number of hydrogen-bond donors (Lipinski definition) is 2. The maximum atomic E-state index is 12.2. The number of carbonyl (C=O) groups excluding carboxylic acids is 2. The standard InChI is InChI=1S/C21H18N6O2/c1-27-17-10-6-5-9-16(17)24-18(27)11-19(28)25-26-21(29)15-12-22-20(23-13-15)14-7-3-2-4-8-14/h2-10,12-13H,11H2,1H3,(H,25,28)(H,26,29). The first-order valence-corrected chi connectivity index (χ1v) is 8.99. The molecule has 4 aromatic rings. The van der Waals surface area contributed by atoms with Crippen molar-refractivity contribution in [3.05, 3.63) is 78.4 Å². The predicted molar refractivity (Wildman–Crippen MR) is 107 cm³/mol. The zero-order valence-corrected chi connectivity index (χ0v) is 15.7. The molecule has 0 aliphatic carbocycles.